The summed E-state index contributed by atoms with van der Waals surface area (Å²) in [4.78, 5) is 24.5. The van der Waals surface area contributed by atoms with Crippen LogP contribution < -0.4 is 0 Å². The number of esters is 2. The van der Waals surface area contributed by atoms with Crippen LogP contribution in [0.15, 0.2) is 30.3 Å². The van der Waals surface area contributed by atoms with E-state index in [1.807, 2.05) is 30.3 Å². The van der Waals surface area contributed by atoms with Gasteiger partial charge in [-0.15, -0.1) is 0 Å². The second-order valence-electron chi connectivity index (χ2n) is 6.62. The molecule has 1 aromatic carbocycles. The van der Waals surface area contributed by atoms with Crippen molar-refractivity contribution in [2.24, 2.45) is 10.8 Å². The Morgan fingerprint density at radius 1 is 0.950 bits per heavy atom. The Hall–Kier alpha value is -1.84. The highest BCUT2D eigenvalue weighted by Crippen LogP contribution is 2.61. The Bertz CT molecular complexity index is 586. The van der Waals surface area contributed by atoms with Crippen LogP contribution in [0.2, 0.25) is 0 Å². The molecule has 3 rings (SSSR count). The van der Waals surface area contributed by atoms with E-state index in [9.17, 15) is 9.59 Å². The molecule has 4 heteroatoms. The normalized spacial score (nSPS) is 33.5. The smallest absolute Gasteiger partial charge is 0.316 e. The zero-order valence-corrected chi connectivity index (χ0v) is 12.1. The summed E-state index contributed by atoms with van der Waals surface area (Å²) >= 11 is 0. The summed E-state index contributed by atoms with van der Waals surface area (Å²) in [7, 11) is 0. The lowest BCUT2D eigenvalue weighted by atomic mass is 9.66. The maximum absolute atomic E-state index is 12.3. The van der Waals surface area contributed by atoms with Gasteiger partial charge >= 0.3 is 11.9 Å². The van der Waals surface area contributed by atoms with Gasteiger partial charge in [0.2, 0.25) is 0 Å². The third-order valence-corrected chi connectivity index (χ3v) is 4.67. The van der Waals surface area contributed by atoms with E-state index in [4.69, 9.17) is 9.47 Å². The number of carbonyl (C=O) groups is 2. The highest BCUT2D eigenvalue weighted by Gasteiger charge is 2.75. The highest BCUT2D eigenvalue weighted by atomic mass is 16.6. The zero-order chi connectivity index (χ0) is 14.8. The predicted octanol–water partition coefficient (Wildman–Crippen LogP) is 2.42. The molecule has 0 N–H and O–H groups in total. The summed E-state index contributed by atoms with van der Waals surface area (Å²) in [5.74, 6) is -0.654. The zero-order valence-electron chi connectivity index (χ0n) is 12.1. The van der Waals surface area contributed by atoms with Crippen molar-refractivity contribution in [3.05, 3.63) is 35.9 Å². The number of fused-ring (bicyclic) bond motifs is 1. The van der Waals surface area contributed by atoms with Crippen LogP contribution in [0, 0.1) is 10.8 Å². The number of hydrogen-bond acceptors (Lipinski definition) is 4. The van der Waals surface area contributed by atoms with Crippen molar-refractivity contribution in [2.75, 3.05) is 0 Å². The molecule has 0 bridgehead atoms. The second-order valence-corrected chi connectivity index (χ2v) is 6.62. The van der Waals surface area contributed by atoms with Crippen molar-refractivity contribution in [3.63, 3.8) is 0 Å². The number of hydrogen-bond donors (Lipinski definition) is 0. The van der Waals surface area contributed by atoms with E-state index in [0.717, 1.165) is 5.56 Å². The van der Waals surface area contributed by atoms with Crippen LogP contribution in [0.1, 0.15) is 33.3 Å². The molecule has 0 aromatic heterocycles. The summed E-state index contributed by atoms with van der Waals surface area (Å²) < 4.78 is 11.3. The van der Waals surface area contributed by atoms with Crippen molar-refractivity contribution in [2.45, 2.75) is 39.4 Å². The molecule has 2 unspecified atom stereocenters. The number of ether oxygens (including phenoxy) is 2. The van der Waals surface area contributed by atoms with Crippen molar-refractivity contribution < 1.29 is 19.1 Å². The van der Waals surface area contributed by atoms with Gasteiger partial charge in [-0.1, -0.05) is 30.3 Å². The van der Waals surface area contributed by atoms with Gasteiger partial charge in [0.05, 0.1) is 0 Å². The average molecular weight is 274 g/mol. The number of benzene rings is 1. The third-order valence-electron chi connectivity index (χ3n) is 4.67. The molecular formula is C16H18O4. The standard InChI is InChI=1S/C16H18O4/c1-14(2)11-16(20-12(14)17,10-8-6-5-7-9-10)15(3,4)13(18)19-11/h5-9,11H,1-4H3. The van der Waals surface area contributed by atoms with E-state index >= 15 is 0 Å². The molecule has 1 aromatic rings. The van der Waals surface area contributed by atoms with E-state index in [1.54, 1.807) is 27.7 Å². The fourth-order valence-corrected chi connectivity index (χ4v) is 3.29. The van der Waals surface area contributed by atoms with Crippen molar-refractivity contribution in [1.82, 2.24) is 0 Å². The monoisotopic (exact) mass is 274 g/mol. The molecule has 106 valence electrons. The highest BCUT2D eigenvalue weighted by molar-refractivity contribution is 5.89. The molecule has 2 heterocycles. The molecular weight excluding hydrogens is 256 g/mol. The van der Waals surface area contributed by atoms with E-state index in [1.165, 1.54) is 0 Å². The largest absolute Gasteiger partial charge is 0.456 e. The first-order valence-electron chi connectivity index (χ1n) is 6.74. The molecule has 20 heavy (non-hydrogen) atoms. The van der Waals surface area contributed by atoms with Crippen molar-refractivity contribution in [3.8, 4) is 0 Å². The molecule has 0 radical (unpaired) electrons. The van der Waals surface area contributed by atoms with Gasteiger partial charge in [0.15, 0.2) is 11.7 Å². The topological polar surface area (TPSA) is 52.6 Å². The minimum Gasteiger partial charge on any atom is -0.456 e. The average Bonchev–Trinajstić information content (AvgIpc) is 2.73. The molecule has 2 aliphatic heterocycles. The van der Waals surface area contributed by atoms with Gasteiger partial charge in [0.1, 0.15) is 10.8 Å². The summed E-state index contributed by atoms with van der Waals surface area (Å²) in [6.45, 7) is 7.08. The first kappa shape index (κ1) is 13.2. The van der Waals surface area contributed by atoms with Crippen LogP contribution in [-0.4, -0.2) is 18.0 Å². The molecule has 0 saturated carbocycles. The van der Waals surface area contributed by atoms with Crippen LogP contribution in [-0.2, 0) is 24.7 Å². The Balaban J connectivity index is 2.28. The van der Waals surface area contributed by atoms with Gasteiger partial charge in [0, 0.05) is 5.56 Å². The van der Waals surface area contributed by atoms with Crippen LogP contribution >= 0.6 is 0 Å². The Labute approximate surface area is 118 Å². The van der Waals surface area contributed by atoms with Crippen LogP contribution in [0.25, 0.3) is 0 Å². The van der Waals surface area contributed by atoms with Gasteiger partial charge in [-0.05, 0) is 27.7 Å². The predicted molar refractivity (Wildman–Crippen MR) is 71.7 cm³/mol. The fraction of sp³-hybridized carbons (Fsp3) is 0.500. The lowest BCUT2D eigenvalue weighted by Crippen LogP contribution is -2.47. The molecule has 2 atom stereocenters. The Kier molecular flexibility index (Phi) is 2.38. The summed E-state index contributed by atoms with van der Waals surface area (Å²) in [6.07, 6.45) is -0.604. The molecule has 2 aliphatic rings. The van der Waals surface area contributed by atoms with Crippen molar-refractivity contribution >= 4 is 11.9 Å². The summed E-state index contributed by atoms with van der Waals surface area (Å²) in [5, 5.41) is 0. The third kappa shape index (κ3) is 1.27. The first-order valence-corrected chi connectivity index (χ1v) is 6.74. The van der Waals surface area contributed by atoms with Gasteiger partial charge < -0.3 is 9.47 Å². The quantitative estimate of drug-likeness (QED) is 0.738. The van der Waals surface area contributed by atoms with E-state index < -0.39 is 22.5 Å². The Morgan fingerprint density at radius 3 is 2.15 bits per heavy atom. The lowest BCUT2D eigenvalue weighted by molar-refractivity contribution is -0.166. The Morgan fingerprint density at radius 2 is 1.55 bits per heavy atom. The van der Waals surface area contributed by atoms with Gasteiger partial charge in [0.25, 0.3) is 0 Å². The molecule has 4 nitrogen and oxygen atoms in total. The maximum Gasteiger partial charge on any atom is 0.316 e. The fourth-order valence-electron chi connectivity index (χ4n) is 3.29. The number of rotatable bonds is 1. The molecule has 0 aliphatic carbocycles. The SMILES string of the molecule is CC1(C)C(=O)OC2(c3ccccc3)C1OC(=O)C2(C)C. The van der Waals surface area contributed by atoms with E-state index in [2.05, 4.69) is 0 Å². The summed E-state index contributed by atoms with van der Waals surface area (Å²) in [5.41, 5.74) is -2.01. The first-order chi connectivity index (χ1) is 9.24. The minimum absolute atomic E-state index is 0.327. The van der Waals surface area contributed by atoms with E-state index in [0.29, 0.717) is 0 Å². The van der Waals surface area contributed by atoms with Gasteiger partial charge in [-0.25, -0.2) is 0 Å². The maximum atomic E-state index is 12.3. The minimum atomic E-state index is -1.05. The molecule has 2 saturated heterocycles. The van der Waals surface area contributed by atoms with Crippen LogP contribution in [0.5, 0.6) is 0 Å². The van der Waals surface area contributed by atoms with Crippen LogP contribution in [0.3, 0.4) is 0 Å². The van der Waals surface area contributed by atoms with Gasteiger partial charge in [-0.2, -0.15) is 0 Å². The summed E-state index contributed by atoms with van der Waals surface area (Å²) in [6, 6.07) is 9.40. The molecule has 0 spiro atoms. The lowest BCUT2D eigenvalue weighted by Gasteiger charge is -2.36. The second kappa shape index (κ2) is 3.62. The van der Waals surface area contributed by atoms with Gasteiger partial charge in [-0.3, -0.25) is 9.59 Å². The van der Waals surface area contributed by atoms with Crippen molar-refractivity contribution in [1.29, 1.82) is 0 Å². The molecule has 0 amide bonds. The number of carbonyl (C=O) groups excluding carboxylic acids is 2. The van der Waals surface area contributed by atoms with Crippen LogP contribution in [0.4, 0.5) is 0 Å². The van der Waals surface area contributed by atoms with E-state index in [-0.39, 0.29) is 11.9 Å². The molecule has 2 fully saturated rings.